The van der Waals surface area contributed by atoms with Crippen molar-refractivity contribution in [3.63, 3.8) is 0 Å². The summed E-state index contributed by atoms with van der Waals surface area (Å²) in [7, 11) is -3.58. The van der Waals surface area contributed by atoms with E-state index < -0.39 is 10.0 Å². The fourth-order valence-electron chi connectivity index (χ4n) is 1.84. The molecule has 2 aromatic carbocycles. The summed E-state index contributed by atoms with van der Waals surface area (Å²) in [6.07, 6.45) is 0. The Morgan fingerprint density at radius 3 is 2.33 bits per heavy atom. The number of nitrogens with one attached hydrogen (secondary N) is 1. The number of halogens is 1. The Morgan fingerprint density at radius 2 is 1.71 bits per heavy atom. The first-order valence-electron chi connectivity index (χ1n) is 6.46. The monoisotopic (exact) mass is 368 g/mol. The summed E-state index contributed by atoms with van der Waals surface area (Å²) in [6, 6.07) is 12.8. The molecule has 0 atom stereocenters. The van der Waals surface area contributed by atoms with Crippen LogP contribution in [-0.4, -0.2) is 8.42 Å². The van der Waals surface area contributed by atoms with Gasteiger partial charge in [-0.15, -0.1) is 0 Å². The van der Waals surface area contributed by atoms with Crippen LogP contribution >= 0.6 is 15.9 Å². The third-order valence-electron chi connectivity index (χ3n) is 3.11. The Labute approximate surface area is 133 Å². The average Bonchev–Trinajstić information content (AvgIpc) is 2.47. The molecule has 6 heteroatoms. The van der Waals surface area contributed by atoms with Crippen LogP contribution in [0.4, 0.5) is 0 Å². The molecule has 0 heterocycles. The lowest BCUT2D eigenvalue weighted by molar-refractivity contribution is 0.580. The highest BCUT2D eigenvalue weighted by Crippen LogP contribution is 2.23. The third kappa shape index (κ3) is 4.14. The molecule has 0 saturated heterocycles. The van der Waals surface area contributed by atoms with Gasteiger partial charge in [-0.25, -0.2) is 13.1 Å². The minimum Gasteiger partial charge on any atom is -0.326 e. The molecule has 2 rings (SSSR count). The molecule has 4 nitrogen and oxygen atoms in total. The molecule has 0 fully saturated rings. The van der Waals surface area contributed by atoms with Crippen LogP contribution in [0.2, 0.25) is 0 Å². The van der Waals surface area contributed by atoms with Crippen molar-refractivity contribution < 1.29 is 8.42 Å². The van der Waals surface area contributed by atoms with E-state index in [1.54, 1.807) is 18.2 Å². The van der Waals surface area contributed by atoms with E-state index in [4.69, 9.17) is 5.73 Å². The second-order valence-corrected chi connectivity index (χ2v) is 7.37. The molecule has 0 spiro atoms. The van der Waals surface area contributed by atoms with E-state index in [9.17, 15) is 8.42 Å². The maximum atomic E-state index is 12.4. The molecule has 0 aliphatic carbocycles. The van der Waals surface area contributed by atoms with Gasteiger partial charge >= 0.3 is 0 Å². The average molecular weight is 369 g/mol. The molecule has 3 N–H and O–H groups in total. The van der Waals surface area contributed by atoms with Crippen molar-refractivity contribution in [2.45, 2.75) is 24.9 Å². The Hall–Kier alpha value is -1.21. The van der Waals surface area contributed by atoms with Crippen LogP contribution in [0.3, 0.4) is 0 Å². The normalized spacial score (nSPS) is 11.6. The van der Waals surface area contributed by atoms with Gasteiger partial charge in [-0.05, 0) is 46.1 Å². The van der Waals surface area contributed by atoms with Gasteiger partial charge in [0.2, 0.25) is 10.0 Å². The van der Waals surface area contributed by atoms with Crippen LogP contribution in [-0.2, 0) is 23.1 Å². The van der Waals surface area contributed by atoms with E-state index in [2.05, 4.69) is 20.7 Å². The highest BCUT2D eigenvalue weighted by atomic mass is 79.9. The van der Waals surface area contributed by atoms with Crippen LogP contribution in [0.25, 0.3) is 0 Å². The number of sulfonamides is 1. The molecule has 0 bridgehead atoms. The molecule has 2 aromatic rings. The summed E-state index contributed by atoms with van der Waals surface area (Å²) < 4.78 is 27.9. The summed E-state index contributed by atoms with van der Waals surface area (Å²) in [5.74, 6) is 0. The van der Waals surface area contributed by atoms with E-state index in [-0.39, 0.29) is 11.4 Å². The zero-order valence-corrected chi connectivity index (χ0v) is 14.0. The van der Waals surface area contributed by atoms with Crippen LogP contribution in [0.5, 0.6) is 0 Å². The van der Waals surface area contributed by atoms with Crippen LogP contribution in [0.15, 0.2) is 51.8 Å². The molecule has 0 radical (unpaired) electrons. The van der Waals surface area contributed by atoms with Crippen molar-refractivity contribution in [2.75, 3.05) is 0 Å². The summed E-state index contributed by atoms with van der Waals surface area (Å²) >= 11 is 3.27. The highest BCUT2D eigenvalue weighted by molar-refractivity contribution is 9.10. The Morgan fingerprint density at radius 1 is 1.10 bits per heavy atom. The second-order valence-electron chi connectivity index (χ2n) is 4.78. The number of nitrogens with two attached hydrogens (primary N) is 1. The van der Waals surface area contributed by atoms with Gasteiger partial charge in [0.05, 0.1) is 4.90 Å². The number of benzene rings is 2. The predicted octanol–water partition coefficient (Wildman–Crippen LogP) is 2.69. The van der Waals surface area contributed by atoms with Crippen LogP contribution in [0, 0.1) is 6.92 Å². The molecule has 0 aliphatic rings. The minimum atomic E-state index is -3.58. The lowest BCUT2D eigenvalue weighted by atomic mass is 10.2. The lowest BCUT2D eigenvalue weighted by Gasteiger charge is -2.10. The summed E-state index contributed by atoms with van der Waals surface area (Å²) in [4.78, 5) is 0.206. The molecule has 112 valence electrons. The van der Waals surface area contributed by atoms with E-state index in [1.807, 2.05) is 31.2 Å². The van der Waals surface area contributed by atoms with Crippen molar-refractivity contribution in [2.24, 2.45) is 5.73 Å². The van der Waals surface area contributed by atoms with E-state index in [0.29, 0.717) is 11.0 Å². The van der Waals surface area contributed by atoms with Crippen molar-refractivity contribution in [1.29, 1.82) is 0 Å². The zero-order valence-electron chi connectivity index (χ0n) is 11.6. The molecule has 21 heavy (non-hydrogen) atoms. The fraction of sp³-hybridized carbons (Fsp3) is 0.200. The van der Waals surface area contributed by atoms with Gasteiger partial charge in [0.25, 0.3) is 0 Å². The van der Waals surface area contributed by atoms with E-state index in [1.165, 1.54) is 0 Å². The number of hydrogen-bond donors (Lipinski definition) is 2. The molecule has 0 amide bonds. The molecule has 0 unspecified atom stereocenters. The smallest absolute Gasteiger partial charge is 0.242 e. The number of aryl methyl sites for hydroxylation is 1. The maximum absolute atomic E-state index is 12.4. The van der Waals surface area contributed by atoms with Gasteiger partial charge in [-0.2, -0.15) is 0 Å². The van der Waals surface area contributed by atoms with Gasteiger partial charge in [-0.3, -0.25) is 0 Å². The summed E-state index contributed by atoms with van der Waals surface area (Å²) in [5.41, 5.74) is 8.38. The Kier molecular flexibility index (Phi) is 5.16. The Balaban J connectivity index is 2.20. The molecule has 0 aromatic heterocycles. The highest BCUT2D eigenvalue weighted by Gasteiger charge is 2.17. The van der Waals surface area contributed by atoms with Crippen molar-refractivity contribution in [1.82, 2.24) is 4.72 Å². The predicted molar refractivity (Wildman–Crippen MR) is 87.2 cm³/mol. The van der Waals surface area contributed by atoms with Gasteiger partial charge in [0, 0.05) is 17.6 Å². The largest absolute Gasteiger partial charge is 0.326 e. The van der Waals surface area contributed by atoms with Gasteiger partial charge in [0.15, 0.2) is 0 Å². The lowest BCUT2D eigenvalue weighted by Crippen LogP contribution is -2.23. The first kappa shape index (κ1) is 16.2. The fourth-order valence-corrected chi connectivity index (χ4v) is 3.87. The van der Waals surface area contributed by atoms with E-state index >= 15 is 0 Å². The molecular formula is C15H17BrN2O2S. The second kappa shape index (κ2) is 6.70. The first-order valence-corrected chi connectivity index (χ1v) is 8.74. The van der Waals surface area contributed by atoms with E-state index in [0.717, 1.165) is 16.7 Å². The van der Waals surface area contributed by atoms with Gasteiger partial charge in [-0.1, -0.05) is 35.9 Å². The first-order chi connectivity index (χ1) is 9.92. The van der Waals surface area contributed by atoms with Crippen LogP contribution < -0.4 is 10.5 Å². The number of rotatable bonds is 5. The third-order valence-corrected chi connectivity index (χ3v) is 5.50. The topological polar surface area (TPSA) is 72.2 Å². The van der Waals surface area contributed by atoms with Gasteiger partial charge < -0.3 is 5.73 Å². The molecular weight excluding hydrogens is 352 g/mol. The summed E-state index contributed by atoms with van der Waals surface area (Å²) in [5, 5.41) is 0. The molecule has 0 aliphatic heterocycles. The quantitative estimate of drug-likeness (QED) is 0.851. The minimum absolute atomic E-state index is 0.206. The summed E-state index contributed by atoms with van der Waals surface area (Å²) in [6.45, 7) is 2.54. The standard InChI is InChI=1S/C15H17BrN2O2S/c1-11-2-4-12(5-3-11)10-18-21(19,20)15-8-13(9-17)6-7-14(15)16/h2-8,18H,9-10,17H2,1H3. The van der Waals surface area contributed by atoms with Crippen LogP contribution in [0.1, 0.15) is 16.7 Å². The zero-order chi connectivity index (χ0) is 15.5. The molecule has 0 saturated carbocycles. The Bertz CT molecular complexity index is 728. The van der Waals surface area contributed by atoms with Crippen molar-refractivity contribution in [3.05, 3.63) is 63.6 Å². The van der Waals surface area contributed by atoms with Crippen molar-refractivity contribution >= 4 is 26.0 Å². The van der Waals surface area contributed by atoms with Gasteiger partial charge in [0.1, 0.15) is 0 Å². The van der Waals surface area contributed by atoms with Crippen molar-refractivity contribution in [3.8, 4) is 0 Å². The SMILES string of the molecule is Cc1ccc(CNS(=O)(=O)c2cc(CN)ccc2Br)cc1. The maximum Gasteiger partial charge on any atom is 0.242 e. The number of hydrogen-bond acceptors (Lipinski definition) is 3.